The number of nitrogens with zero attached hydrogens (tertiary/aromatic N) is 4. The fraction of sp³-hybridized carbons (Fsp3) is 0.636. The lowest BCUT2D eigenvalue weighted by Crippen LogP contribution is -2.45. The largest absolute Gasteiger partial charge is 0.356 e. The Morgan fingerprint density at radius 2 is 1.30 bits per heavy atom. The Hall–Kier alpha value is -2.64. The van der Waals surface area contributed by atoms with E-state index < -0.39 is 0 Å². The van der Waals surface area contributed by atoms with Gasteiger partial charge in [-0.15, -0.1) is 0 Å². The van der Waals surface area contributed by atoms with Crippen LogP contribution in [0.1, 0.15) is 39.5 Å². The van der Waals surface area contributed by atoms with E-state index in [4.69, 9.17) is 0 Å². The molecule has 8 heteroatoms. The number of aromatic nitrogens is 4. The van der Waals surface area contributed by atoms with Gasteiger partial charge in [0, 0.05) is 62.8 Å². The van der Waals surface area contributed by atoms with Gasteiger partial charge in [-0.2, -0.15) is 10.2 Å². The van der Waals surface area contributed by atoms with Crippen LogP contribution in [-0.4, -0.2) is 44.5 Å². The number of hydrogen-bond acceptors (Lipinski definition) is 4. The van der Waals surface area contributed by atoms with Gasteiger partial charge in [-0.25, -0.2) is 0 Å². The molecule has 0 unspecified atom stereocenters. The van der Waals surface area contributed by atoms with E-state index in [-0.39, 0.29) is 35.5 Å². The van der Waals surface area contributed by atoms with Gasteiger partial charge in [0.05, 0.1) is 0 Å². The third kappa shape index (κ3) is 6.43. The molecule has 2 heterocycles. The summed E-state index contributed by atoms with van der Waals surface area (Å²) in [6, 6.07) is 3.79. The van der Waals surface area contributed by atoms with Crippen LogP contribution in [0.4, 0.5) is 0 Å². The van der Waals surface area contributed by atoms with E-state index in [2.05, 4.69) is 34.7 Å². The maximum atomic E-state index is 12.8. The molecule has 0 aliphatic heterocycles. The topological polar surface area (TPSA) is 93.8 Å². The van der Waals surface area contributed by atoms with E-state index in [0.717, 1.165) is 38.8 Å². The van der Waals surface area contributed by atoms with Gasteiger partial charge < -0.3 is 10.6 Å². The summed E-state index contributed by atoms with van der Waals surface area (Å²) >= 11 is 0. The first-order chi connectivity index (χ1) is 14.5. The quantitative estimate of drug-likeness (QED) is 0.622. The second kappa shape index (κ2) is 10.9. The summed E-state index contributed by atoms with van der Waals surface area (Å²) in [5.41, 5.74) is 0. The molecule has 164 valence electrons. The van der Waals surface area contributed by atoms with Crippen LogP contribution >= 0.6 is 0 Å². The zero-order chi connectivity index (χ0) is 21.3. The molecule has 1 aliphatic carbocycles. The highest BCUT2D eigenvalue weighted by Crippen LogP contribution is 2.30. The molecular weight excluding hydrogens is 380 g/mol. The van der Waals surface area contributed by atoms with Crippen molar-refractivity contribution in [3.8, 4) is 0 Å². The van der Waals surface area contributed by atoms with Gasteiger partial charge in [-0.3, -0.25) is 19.0 Å². The number of carbonyl (C=O) groups is 2. The van der Waals surface area contributed by atoms with Crippen LogP contribution in [0, 0.1) is 23.7 Å². The van der Waals surface area contributed by atoms with E-state index in [1.54, 1.807) is 12.4 Å². The summed E-state index contributed by atoms with van der Waals surface area (Å²) in [4.78, 5) is 25.7. The first-order valence-electron chi connectivity index (χ1n) is 11.0. The van der Waals surface area contributed by atoms with Crippen LogP contribution in [-0.2, 0) is 22.7 Å². The van der Waals surface area contributed by atoms with Crippen molar-refractivity contribution < 1.29 is 9.59 Å². The van der Waals surface area contributed by atoms with E-state index >= 15 is 0 Å². The molecule has 2 aromatic heterocycles. The van der Waals surface area contributed by atoms with Crippen LogP contribution < -0.4 is 10.6 Å². The fourth-order valence-corrected chi connectivity index (χ4v) is 4.15. The van der Waals surface area contributed by atoms with E-state index in [1.807, 2.05) is 33.9 Å². The Morgan fingerprint density at radius 1 is 0.867 bits per heavy atom. The Labute approximate surface area is 178 Å². The number of rotatable bonds is 10. The van der Waals surface area contributed by atoms with E-state index in [9.17, 15) is 9.59 Å². The molecule has 2 aromatic rings. The van der Waals surface area contributed by atoms with Crippen molar-refractivity contribution in [2.24, 2.45) is 23.7 Å². The van der Waals surface area contributed by atoms with E-state index in [0.29, 0.717) is 13.1 Å². The molecule has 1 fully saturated rings. The summed E-state index contributed by atoms with van der Waals surface area (Å²) in [6.45, 7) is 6.88. The lowest BCUT2D eigenvalue weighted by atomic mass is 9.78. The molecule has 8 nitrogen and oxygen atoms in total. The first kappa shape index (κ1) is 22.1. The van der Waals surface area contributed by atoms with Crippen LogP contribution in [0.25, 0.3) is 0 Å². The highest BCUT2D eigenvalue weighted by atomic mass is 16.2. The highest BCUT2D eigenvalue weighted by molar-refractivity contribution is 5.87. The minimum atomic E-state index is -0.239. The summed E-state index contributed by atoms with van der Waals surface area (Å²) in [6.07, 6.45) is 10.9. The Balaban J connectivity index is 1.45. The van der Waals surface area contributed by atoms with Gasteiger partial charge in [-0.1, -0.05) is 26.7 Å². The van der Waals surface area contributed by atoms with Crippen LogP contribution in [0.5, 0.6) is 0 Å². The van der Waals surface area contributed by atoms with Crippen molar-refractivity contribution in [2.75, 3.05) is 13.1 Å². The van der Waals surface area contributed by atoms with Crippen molar-refractivity contribution in [1.29, 1.82) is 0 Å². The second-order valence-electron chi connectivity index (χ2n) is 8.65. The lowest BCUT2D eigenvalue weighted by molar-refractivity contribution is -0.136. The minimum absolute atomic E-state index is 0.00625. The monoisotopic (exact) mass is 414 g/mol. The lowest BCUT2D eigenvalue weighted by Gasteiger charge is -2.30. The van der Waals surface area contributed by atoms with Crippen molar-refractivity contribution in [1.82, 2.24) is 30.2 Å². The van der Waals surface area contributed by atoms with Gasteiger partial charge in [-0.05, 0) is 36.8 Å². The number of hydrogen-bond donors (Lipinski definition) is 2. The average Bonchev–Trinajstić information content (AvgIpc) is 3.44. The fourth-order valence-electron chi connectivity index (χ4n) is 4.15. The van der Waals surface area contributed by atoms with Crippen LogP contribution in [0.3, 0.4) is 0 Å². The van der Waals surface area contributed by atoms with Gasteiger partial charge in [0.15, 0.2) is 0 Å². The minimum Gasteiger partial charge on any atom is -0.356 e. The number of carbonyl (C=O) groups excluding carboxylic acids is 2. The smallest absolute Gasteiger partial charge is 0.223 e. The molecule has 3 rings (SSSR count). The second-order valence-corrected chi connectivity index (χ2v) is 8.65. The normalized spacial score (nSPS) is 21.0. The van der Waals surface area contributed by atoms with Crippen molar-refractivity contribution in [3.05, 3.63) is 36.9 Å². The summed E-state index contributed by atoms with van der Waals surface area (Å²) in [7, 11) is 0. The zero-order valence-electron chi connectivity index (χ0n) is 18.0. The molecule has 2 amide bonds. The van der Waals surface area contributed by atoms with Crippen molar-refractivity contribution in [2.45, 2.75) is 52.6 Å². The zero-order valence-corrected chi connectivity index (χ0v) is 18.0. The first-order valence-corrected chi connectivity index (χ1v) is 11.0. The Morgan fingerprint density at radius 3 is 1.67 bits per heavy atom. The van der Waals surface area contributed by atoms with Crippen LogP contribution in [0.15, 0.2) is 36.9 Å². The molecular formula is C22H34N6O2. The molecule has 1 aliphatic rings. The standard InChI is InChI=1S/C22H34N6O2/c1-17(15-27-11-5-9-25-27)13-23-21(29)19-7-3-4-8-20(19)22(30)24-14-18(2)16-28-12-6-10-26-28/h5-6,9-12,17-20H,3-4,7-8,13-16H2,1-2H3,(H,23,29)(H,24,30)/t17-,18-,19+,20+/m0/s1. The molecule has 0 saturated heterocycles. The van der Waals surface area contributed by atoms with E-state index in [1.165, 1.54) is 0 Å². The van der Waals surface area contributed by atoms with Gasteiger partial charge in [0.2, 0.25) is 11.8 Å². The third-order valence-corrected chi connectivity index (χ3v) is 5.80. The SMILES string of the molecule is C[C@@H](CNC(=O)[C@@H]1CCCC[C@H]1C(=O)NC[C@H](C)Cn1cccn1)Cn1cccn1. The van der Waals surface area contributed by atoms with Crippen LogP contribution in [0.2, 0.25) is 0 Å². The molecule has 4 atom stereocenters. The predicted molar refractivity (Wildman–Crippen MR) is 114 cm³/mol. The summed E-state index contributed by atoms with van der Waals surface area (Å²) in [5.74, 6) is 0.0772. The molecule has 30 heavy (non-hydrogen) atoms. The molecule has 0 aromatic carbocycles. The average molecular weight is 415 g/mol. The summed E-state index contributed by atoms with van der Waals surface area (Å²) < 4.78 is 3.75. The molecule has 0 radical (unpaired) electrons. The highest BCUT2D eigenvalue weighted by Gasteiger charge is 2.35. The molecule has 0 bridgehead atoms. The Kier molecular flexibility index (Phi) is 8.04. The van der Waals surface area contributed by atoms with Gasteiger partial charge in [0.1, 0.15) is 0 Å². The van der Waals surface area contributed by atoms with Gasteiger partial charge >= 0.3 is 0 Å². The molecule has 1 saturated carbocycles. The van der Waals surface area contributed by atoms with Gasteiger partial charge in [0.25, 0.3) is 0 Å². The summed E-state index contributed by atoms with van der Waals surface area (Å²) in [5, 5.41) is 14.6. The maximum Gasteiger partial charge on any atom is 0.223 e. The number of amides is 2. The van der Waals surface area contributed by atoms with Crippen molar-refractivity contribution >= 4 is 11.8 Å². The maximum absolute atomic E-state index is 12.8. The number of nitrogens with one attached hydrogen (secondary N) is 2. The molecule has 0 spiro atoms. The predicted octanol–water partition coefficient (Wildman–Crippen LogP) is 2.09. The molecule has 2 N–H and O–H groups in total. The van der Waals surface area contributed by atoms with Crippen molar-refractivity contribution in [3.63, 3.8) is 0 Å². The Bertz CT molecular complexity index is 707. The third-order valence-electron chi connectivity index (χ3n) is 5.80.